The zero-order chi connectivity index (χ0) is 12.3. The summed E-state index contributed by atoms with van der Waals surface area (Å²) < 4.78 is 6.78. The lowest BCUT2D eigenvalue weighted by molar-refractivity contribution is 0.129. The molecule has 1 heterocycles. The van der Waals surface area contributed by atoms with Crippen molar-refractivity contribution in [3.63, 3.8) is 0 Å². The lowest BCUT2D eigenvalue weighted by Gasteiger charge is -2.40. The summed E-state index contributed by atoms with van der Waals surface area (Å²) in [5, 5.41) is 3.61. The predicted octanol–water partition coefficient (Wildman–Crippen LogP) is 4.66. The van der Waals surface area contributed by atoms with Crippen LogP contribution in [0.3, 0.4) is 0 Å². The molecular weight excluding hydrogens is 278 g/mol. The molecular formula is C14H22BrNO. The largest absolute Gasteiger partial charge is 0.466 e. The number of nitrogens with one attached hydrogen (secondary N) is 1. The molecule has 3 heteroatoms. The fourth-order valence-corrected chi connectivity index (χ4v) is 3.45. The second kappa shape index (κ2) is 5.57. The van der Waals surface area contributed by atoms with Gasteiger partial charge in [0.15, 0.2) is 0 Å². The van der Waals surface area contributed by atoms with Gasteiger partial charge in [-0.05, 0) is 46.8 Å². The van der Waals surface area contributed by atoms with Crippen LogP contribution in [0.2, 0.25) is 0 Å². The van der Waals surface area contributed by atoms with Gasteiger partial charge in [-0.3, -0.25) is 0 Å². The Morgan fingerprint density at radius 2 is 2.12 bits per heavy atom. The van der Waals surface area contributed by atoms with Crippen LogP contribution in [0.4, 0.5) is 0 Å². The summed E-state index contributed by atoms with van der Waals surface area (Å²) in [5.74, 6) is 1.07. The van der Waals surface area contributed by atoms with Gasteiger partial charge < -0.3 is 9.73 Å². The molecule has 1 aliphatic carbocycles. The Hall–Kier alpha value is -0.280. The average molecular weight is 300 g/mol. The quantitative estimate of drug-likeness (QED) is 0.874. The van der Waals surface area contributed by atoms with Crippen LogP contribution in [0.15, 0.2) is 21.2 Å². The normalized spacial score (nSPS) is 21.4. The molecule has 0 aliphatic heterocycles. The van der Waals surface area contributed by atoms with Gasteiger partial charge in [0.1, 0.15) is 5.76 Å². The van der Waals surface area contributed by atoms with Crippen LogP contribution in [0, 0.1) is 5.41 Å². The summed E-state index contributed by atoms with van der Waals surface area (Å²) in [6.45, 7) is 5.54. The van der Waals surface area contributed by atoms with E-state index in [1.54, 1.807) is 6.26 Å². The Balaban J connectivity index is 2.25. The molecule has 17 heavy (non-hydrogen) atoms. The topological polar surface area (TPSA) is 25.2 Å². The smallest absolute Gasteiger partial charge is 0.135 e. The maximum atomic E-state index is 5.69. The molecule has 1 N–H and O–H groups in total. The maximum Gasteiger partial charge on any atom is 0.135 e. The molecule has 1 aromatic heterocycles. The summed E-state index contributed by atoms with van der Waals surface area (Å²) in [4.78, 5) is 0. The van der Waals surface area contributed by atoms with Crippen molar-refractivity contribution < 1.29 is 4.42 Å². The molecule has 1 aliphatic rings. The second-order valence-corrected chi connectivity index (χ2v) is 6.19. The molecule has 0 saturated heterocycles. The van der Waals surface area contributed by atoms with Gasteiger partial charge in [0.25, 0.3) is 0 Å². The highest BCUT2D eigenvalue weighted by molar-refractivity contribution is 9.10. The van der Waals surface area contributed by atoms with Gasteiger partial charge in [-0.25, -0.2) is 0 Å². The van der Waals surface area contributed by atoms with Gasteiger partial charge in [-0.15, -0.1) is 0 Å². The first-order valence-corrected chi connectivity index (χ1v) is 7.43. The standard InChI is InChI=1S/C14H22BrNO/c1-3-16-13(12-11(15)7-10-17-12)14(2)8-5-4-6-9-14/h7,10,13,16H,3-6,8-9H2,1-2H3. The fraction of sp³-hybridized carbons (Fsp3) is 0.714. The van der Waals surface area contributed by atoms with E-state index in [1.807, 2.05) is 6.07 Å². The van der Waals surface area contributed by atoms with Gasteiger partial charge in [0.05, 0.1) is 16.8 Å². The van der Waals surface area contributed by atoms with Crippen LogP contribution in [0.5, 0.6) is 0 Å². The van der Waals surface area contributed by atoms with Crippen molar-refractivity contribution in [2.45, 2.75) is 52.0 Å². The highest BCUT2D eigenvalue weighted by Gasteiger charge is 2.38. The van der Waals surface area contributed by atoms with E-state index >= 15 is 0 Å². The van der Waals surface area contributed by atoms with Crippen LogP contribution in [0.25, 0.3) is 0 Å². The van der Waals surface area contributed by atoms with Crippen molar-refractivity contribution in [1.82, 2.24) is 5.32 Å². The van der Waals surface area contributed by atoms with Crippen LogP contribution >= 0.6 is 15.9 Å². The molecule has 96 valence electrons. The molecule has 0 radical (unpaired) electrons. The Morgan fingerprint density at radius 3 is 2.65 bits per heavy atom. The van der Waals surface area contributed by atoms with E-state index in [2.05, 4.69) is 35.1 Å². The Labute approximate surface area is 112 Å². The minimum absolute atomic E-state index is 0.328. The van der Waals surface area contributed by atoms with Gasteiger partial charge >= 0.3 is 0 Å². The van der Waals surface area contributed by atoms with Crippen LogP contribution in [-0.4, -0.2) is 6.54 Å². The third-order valence-corrected chi connectivity index (χ3v) is 4.66. The molecule has 1 aromatic rings. The summed E-state index contributed by atoms with van der Waals surface area (Å²) in [6.07, 6.45) is 8.42. The number of hydrogen-bond donors (Lipinski definition) is 1. The third kappa shape index (κ3) is 2.76. The van der Waals surface area contributed by atoms with E-state index in [0.717, 1.165) is 16.8 Å². The molecule has 0 aromatic carbocycles. The van der Waals surface area contributed by atoms with E-state index in [-0.39, 0.29) is 0 Å². The van der Waals surface area contributed by atoms with Crippen LogP contribution in [-0.2, 0) is 0 Å². The summed E-state index contributed by atoms with van der Waals surface area (Å²) in [7, 11) is 0. The van der Waals surface area contributed by atoms with Crippen molar-refractivity contribution in [2.24, 2.45) is 5.41 Å². The Bertz CT molecular complexity index is 355. The molecule has 0 bridgehead atoms. The zero-order valence-corrected chi connectivity index (χ0v) is 12.3. The first-order chi connectivity index (χ1) is 8.17. The molecule has 1 atom stereocenters. The first kappa shape index (κ1) is 13.2. The zero-order valence-electron chi connectivity index (χ0n) is 10.8. The first-order valence-electron chi connectivity index (χ1n) is 6.63. The minimum Gasteiger partial charge on any atom is -0.466 e. The van der Waals surface area contributed by atoms with Crippen molar-refractivity contribution in [1.29, 1.82) is 0 Å². The second-order valence-electron chi connectivity index (χ2n) is 5.34. The van der Waals surface area contributed by atoms with Gasteiger partial charge in [-0.1, -0.05) is 33.1 Å². The van der Waals surface area contributed by atoms with Crippen molar-refractivity contribution >= 4 is 15.9 Å². The summed E-state index contributed by atoms with van der Waals surface area (Å²) in [6, 6.07) is 2.32. The lowest BCUT2D eigenvalue weighted by Crippen LogP contribution is -2.37. The Kier molecular flexibility index (Phi) is 4.31. The average Bonchev–Trinajstić information content (AvgIpc) is 2.73. The van der Waals surface area contributed by atoms with Gasteiger partial charge in [0.2, 0.25) is 0 Å². The Morgan fingerprint density at radius 1 is 1.41 bits per heavy atom. The molecule has 1 unspecified atom stereocenters. The summed E-state index contributed by atoms with van der Waals surface area (Å²) >= 11 is 3.59. The van der Waals surface area contributed by atoms with Crippen LogP contribution in [0.1, 0.15) is 57.8 Å². The minimum atomic E-state index is 0.328. The van der Waals surface area contributed by atoms with Crippen molar-refractivity contribution in [3.05, 3.63) is 22.6 Å². The molecule has 0 spiro atoms. The predicted molar refractivity (Wildman–Crippen MR) is 74.0 cm³/mol. The summed E-state index contributed by atoms with van der Waals surface area (Å²) in [5.41, 5.74) is 0.328. The van der Waals surface area contributed by atoms with Crippen LogP contribution < -0.4 is 5.32 Å². The highest BCUT2D eigenvalue weighted by atomic mass is 79.9. The fourth-order valence-electron chi connectivity index (χ4n) is 3.02. The SMILES string of the molecule is CCNC(c1occc1Br)C1(C)CCCCC1. The molecule has 1 fully saturated rings. The van der Waals surface area contributed by atoms with E-state index in [1.165, 1.54) is 32.1 Å². The number of hydrogen-bond acceptors (Lipinski definition) is 2. The van der Waals surface area contributed by atoms with E-state index in [9.17, 15) is 0 Å². The maximum absolute atomic E-state index is 5.69. The molecule has 2 rings (SSSR count). The highest BCUT2D eigenvalue weighted by Crippen LogP contribution is 2.47. The third-order valence-electron chi connectivity index (χ3n) is 4.01. The monoisotopic (exact) mass is 299 g/mol. The van der Waals surface area contributed by atoms with E-state index < -0.39 is 0 Å². The molecule has 2 nitrogen and oxygen atoms in total. The van der Waals surface area contributed by atoms with Crippen molar-refractivity contribution in [2.75, 3.05) is 6.54 Å². The number of halogens is 1. The van der Waals surface area contributed by atoms with Crippen molar-refractivity contribution in [3.8, 4) is 0 Å². The van der Waals surface area contributed by atoms with Gasteiger partial charge in [0, 0.05) is 0 Å². The van der Waals surface area contributed by atoms with E-state index in [0.29, 0.717) is 11.5 Å². The number of rotatable bonds is 4. The molecule has 0 amide bonds. The van der Waals surface area contributed by atoms with Gasteiger partial charge in [-0.2, -0.15) is 0 Å². The number of furan rings is 1. The van der Waals surface area contributed by atoms with E-state index in [4.69, 9.17) is 4.42 Å². The molecule has 1 saturated carbocycles. The lowest BCUT2D eigenvalue weighted by atomic mass is 9.70.